The summed E-state index contributed by atoms with van der Waals surface area (Å²) in [6, 6.07) is 2.73. The molecule has 0 saturated carbocycles. The zero-order valence-electron chi connectivity index (χ0n) is 7.46. The van der Waals surface area contributed by atoms with Crippen LogP contribution in [0.15, 0.2) is 18.5 Å². The first-order valence-corrected chi connectivity index (χ1v) is 4.02. The first-order chi connectivity index (χ1) is 5.20. The van der Waals surface area contributed by atoms with Gasteiger partial charge < -0.3 is 4.98 Å². The Bertz CT molecular complexity index is 189. The monoisotopic (exact) mass is 152 g/mol. The maximum absolute atomic E-state index is 3.05. The third-order valence-electron chi connectivity index (χ3n) is 1.98. The van der Waals surface area contributed by atoms with Gasteiger partial charge in [-0.05, 0) is 32.5 Å². The highest BCUT2D eigenvalue weighted by atomic mass is 15.1. The van der Waals surface area contributed by atoms with Crippen LogP contribution in [0.2, 0.25) is 0 Å². The summed E-state index contributed by atoms with van der Waals surface area (Å²) in [7, 11) is 2.14. The summed E-state index contributed by atoms with van der Waals surface area (Å²) in [6.45, 7) is 5.43. The van der Waals surface area contributed by atoms with Crippen molar-refractivity contribution >= 4 is 0 Å². The van der Waals surface area contributed by atoms with Gasteiger partial charge in [0.1, 0.15) is 0 Å². The van der Waals surface area contributed by atoms with E-state index in [0.717, 1.165) is 6.54 Å². The van der Waals surface area contributed by atoms with Crippen LogP contribution < -0.4 is 0 Å². The molecular formula is C9H16N2. The van der Waals surface area contributed by atoms with Gasteiger partial charge in [-0.3, -0.25) is 4.90 Å². The minimum Gasteiger partial charge on any atom is -0.367 e. The van der Waals surface area contributed by atoms with Crippen LogP contribution in [0.3, 0.4) is 0 Å². The Hall–Kier alpha value is -0.760. The van der Waals surface area contributed by atoms with Gasteiger partial charge in [0.05, 0.1) is 0 Å². The first-order valence-electron chi connectivity index (χ1n) is 4.02. The molecule has 0 spiro atoms. The normalized spacial score (nSPS) is 11.4. The van der Waals surface area contributed by atoms with Gasteiger partial charge >= 0.3 is 0 Å². The summed E-state index contributed by atoms with van der Waals surface area (Å²) in [5.74, 6) is 0. The Labute approximate surface area is 68.2 Å². The van der Waals surface area contributed by atoms with Crippen LogP contribution >= 0.6 is 0 Å². The summed E-state index contributed by atoms with van der Waals surface area (Å²) < 4.78 is 0. The van der Waals surface area contributed by atoms with E-state index in [-0.39, 0.29) is 0 Å². The quantitative estimate of drug-likeness (QED) is 0.700. The molecule has 0 fully saturated rings. The summed E-state index contributed by atoms with van der Waals surface area (Å²) in [4.78, 5) is 5.36. The summed E-state index contributed by atoms with van der Waals surface area (Å²) in [6.07, 6.45) is 4.00. The molecule has 1 heterocycles. The lowest BCUT2D eigenvalue weighted by atomic mass is 10.3. The Morgan fingerprint density at radius 2 is 2.27 bits per heavy atom. The van der Waals surface area contributed by atoms with Crippen molar-refractivity contribution in [2.24, 2.45) is 0 Å². The van der Waals surface area contributed by atoms with Gasteiger partial charge in [-0.15, -0.1) is 0 Å². The molecule has 0 aliphatic carbocycles. The SMILES string of the molecule is CC(C)N(C)Cc1cc[nH]c1. The number of aromatic amines is 1. The van der Waals surface area contributed by atoms with Crippen LogP contribution in [0.1, 0.15) is 19.4 Å². The maximum Gasteiger partial charge on any atom is 0.0248 e. The average molecular weight is 152 g/mol. The van der Waals surface area contributed by atoms with Gasteiger partial charge in [-0.2, -0.15) is 0 Å². The van der Waals surface area contributed by atoms with Crippen molar-refractivity contribution in [2.45, 2.75) is 26.4 Å². The number of H-pyrrole nitrogens is 1. The molecule has 1 rings (SSSR count). The molecule has 62 valence electrons. The fourth-order valence-corrected chi connectivity index (χ4v) is 0.927. The van der Waals surface area contributed by atoms with Crippen molar-refractivity contribution < 1.29 is 0 Å². The third kappa shape index (κ3) is 2.39. The summed E-state index contributed by atoms with van der Waals surface area (Å²) in [5, 5.41) is 0. The molecule has 1 aromatic heterocycles. The number of rotatable bonds is 3. The van der Waals surface area contributed by atoms with E-state index >= 15 is 0 Å². The molecule has 0 saturated heterocycles. The lowest BCUT2D eigenvalue weighted by Gasteiger charge is -2.19. The highest BCUT2D eigenvalue weighted by Crippen LogP contribution is 2.03. The third-order valence-corrected chi connectivity index (χ3v) is 1.98. The molecule has 11 heavy (non-hydrogen) atoms. The van der Waals surface area contributed by atoms with Crippen molar-refractivity contribution in [3.63, 3.8) is 0 Å². The zero-order chi connectivity index (χ0) is 8.27. The van der Waals surface area contributed by atoms with E-state index in [4.69, 9.17) is 0 Å². The van der Waals surface area contributed by atoms with Crippen molar-refractivity contribution in [3.05, 3.63) is 24.0 Å². The van der Waals surface area contributed by atoms with Crippen LogP contribution in [0.4, 0.5) is 0 Å². The number of nitrogens with zero attached hydrogens (tertiary/aromatic N) is 1. The minimum absolute atomic E-state index is 0.616. The molecular weight excluding hydrogens is 136 g/mol. The number of aromatic nitrogens is 1. The molecule has 0 atom stereocenters. The van der Waals surface area contributed by atoms with E-state index < -0.39 is 0 Å². The van der Waals surface area contributed by atoms with E-state index in [1.807, 2.05) is 12.4 Å². The zero-order valence-corrected chi connectivity index (χ0v) is 7.46. The summed E-state index contributed by atoms with van der Waals surface area (Å²) in [5.41, 5.74) is 1.35. The van der Waals surface area contributed by atoms with Crippen molar-refractivity contribution in [1.82, 2.24) is 9.88 Å². The molecule has 0 amide bonds. The Morgan fingerprint density at radius 1 is 1.55 bits per heavy atom. The van der Waals surface area contributed by atoms with E-state index in [1.165, 1.54) is 5.56 Å². The van der Waals surface area contributed by atoms with Gasteiger partial charge in [0.15, 0.2) is 0 Å². The summed E-state index contributed by atoms with van der Waals surface area (Å²) >= 11 is 0. The van der Waals surface area contributed by atoms with Crippen LogP contribution in [0.5, 0.6) is 0 Å². The molecule has 1 N–H and O–H groups in total. The standard InChI is InChI=1S/C9H16N2/c1-8(2)11(3)7-9-4-5-10-6-9/h4-6,8,10H,7H2,1-3H3. The van der Waals surface area contributed by atoms with Gasteiger partial charge in [-0.25, -0.2) is 0 Å². The molecule has 0 aliphatic rings. The largest absolute Gasteiger partial charge is 0.367 e. The van der Waals surface area contributed by atoms with Gasteiger partial charge in [-0.1, -0.05) is 0 Å². The Kier molecular flexibility index (Phi) is 2.71. The fraction of sp³-hybridized carbons (Fsp3) is 0.556. The second kappa shape index (κ2) is 3.58. The Balaban J connectivity index is 2.43. The Morgan fingerprint density at radius 3 is 2.73 bits per heavy atom. The smallest absolute Gasteiger partial charge is 0.0248 e. The highest BCUT2D eigenvalue weighted by Gasteiger charge is 2.03. The van der Waals surface area contributed by atoms with Crippen molar-refractivity contribution in [3.8, 4) is 0 Å². The first kappa shape index (κ1) is 8.34. The molecule has 0 bridgehead atoms. The van der Waals surface area contributed by atoms with E-state index in [9.17, 15) is 0 Å². The molecule has 1 aromatic rings. The number of hydrogen-bond donors (Lipinski definition) is 1. The van der Waals surface area contributed by atoms with Crippen molar-refractivity contribution in [1.29, 1.82) is 0 Å². The lowest BCUT2D eigenvalue weighted by molar-refractivity contribution is 0.266. The molecule has 0 radical (unpaired) electrons. The second-order valence-electron chi connectivity index (χ2n) is 3.23. The van der Waals surface area contributed by atoms with Crippen LogP contribution in [-0.2, 0) is 6.54 Å². The van der Waals surface area contributed by atoms with Gasteiger partial charge in [0.2, 0.25) is 0 Å². The molecule has 2 nitrogen and oxygen atoms in total. The average Bonchev–Trinajstić information content (AvgIpc) is 2.39. The second-order valence-corrected chi connectivity index (χ2v) is 3.23. The molecule has 0 aromatic carbocycles. The number of hydrogen-bond acceptors (Lipinski definition) is 1. The molecule has 2 heteroatoms. The fourth-order valence-electron chi connectivity index (χ4n) is 0.927. The topological polar surface area (TPSA) is 19.0 Å². The van der Waals surface area contributed by atoms with Crippen LogP contribution in [-0.4, -0.2) is 23.0 Å². The predicted octanol–water partition coefficient (Wildman–Crippen LogP) is 1.85. The predicted molar refractivity (Wildman–Crippen MR) is 47.4 cm³/mol. The number of nitrogens with one attached hydrogen (secondary N) is 1. The molecule has 0 aliphatic heterocycles. The van der Waals surface area contributed by atoms with E-state index in [2.05, 4.69) is 36.8 Å². The minimum atomic E-state index is 0.616. The maximum atomic E-state index is 3.05. The van der Waals surface area contributed by atoms with Crippen LogP contribution in [0.25, 0.3) is 0 Å². The van der Waals surface area contributed by atoms with Crippen LogP contribution in [0, 0.1) is 0 Å². The highest BCUT2D eigenvalue weighted by molar-refractivity contribution is 5.07. The lowest BCUT2D eigenvalue weighted by Crippen LogP contribution is -2.25. The van der Waals surface area contributed by atoms with Gasteiger partial charge in [0.25, 0.3) is 0 Å². The van der Waals surface area contributed by atoms with Gasteiger partial charge in [0, 0.05) is 25.0 Å². The molecule has 0 unspecified atom stereocenters. The van der Waals surface area contributed by atoms with E-state index in [1.54, 1.807) is 0 Å². The van der Waals surface area contributed by atoms with E-state index in [0.29, 0.717) is 6.04 Å². The van der Waals surface area contributed by atoms with Crippen molar-refractivity contribution in [2.75, 3.05) is 7.05 Å².